The lowest BCUT2D eigenvalue weighted by Crippen LogP contribution is -2.30. The number of allylic oxidation sites excluding steroid dienone is 28. The van der Waals surface area contributed by atoms with Crippen molar-refractivity contribution in [3.8, 4) is 0 Å². The largest absolute Gasteiger partial charge is 0.472 e. The second kappa shape index (κ2) is 90.2. The molecule has 0 aliphatic rings. The Labute approximate surface area is 713 Å². The molecule has 0 saturated carbocycles. The number of hydrogen-bond acceptors (Lipinski definition) is 14. The Bertz CT molecular complexity index is 2810. The third-order valence-electron chi connectivity index (χ3n) is 19.4. The third kappa shape index (κ3) is 91.5. The molecule has 0 spiro atoms. The van der Waals surface area contributed by atoms with Gasteiger partial charge < -0.3 is 34.2 Å². The first-order valence-electron chi connectivity index (χ1n) is 46.4. The summed E-state index contributed by atoms with van der Waals surface area (Å²) in [5.41, 5.74) is 0. The van der Waals surface area contributed by atoms with Crippen LogP contribution in [0, 0.1) is 0 Å². The van der Waals surface area contributed by atoms with Gasteiger partial charge in [0.25, 0.3) is 0 Å². The van der Waals surface area contributed by atoms with Gasteiger partial charge in [0.2, 0.25) is 0 Å². The molecular weight excluding hydrogens is 1510 g/mol. The molecule has 5 unspecified atom stereocenters. The van der Waals surface area contributed by atoms with E-state index in [1.165, 1.54) is 154 Å². The molecule has 0 aliphatic carbocycles. The van der Waals surface area contributed by atoms with Gasteiger partial charge in [0.1, 0.15) is 25.4 Å². The van der Waals surface area contributed by atoms with Crippen LogP contribution >= 0.6 is 15.6 Å². The molecule has 0 amide bonds. The van der Waals surface area contributed by atoms with Gasteiger partial charge in [0, 0.05) is 19.3 Å². The number of unbranched alkanes of at least 4 members (excludes halogenated alkanes) is 36. The molecule has 0 rings (SSSR count). The summed E-state index contributed by atoms with van der Waals surface area (Å²) in [5, 5.41) is 20.7. The van der Waals surface area contributed by atoms with Crippen molar-refractivity contribution in [1.29, 1.82) is 0 Å². The van der Waals surface area contributed by atoms with E-state index >= 15 is 0 Å². The van der Waals surface area contributed by atoms with E-state index < -0.39 is 91.5 Å². The topological polar surface area (TPSA) is 231 Å². The quantitative estimate of drug-likeness (QED) is 0.0146. The minimum atomic E-state index is -4.95. The maximum atomic E-state index is 13.1. The highest BCUT2D eigenvalue weighted by atomic mass is 31.2. The summed E-state index contributed by atoms with van der Waals surface area (Å²) in [6.07, 6.45) is 117. The van der Waals surface area contributed by atoms with Gasteiger partial charge >= 0.3 is 33.6 Å². The van der Waals surface area contributed by atoms with E-state index in [0.29, 0.717) is 19.3 Å². The van der Waals surface area contributed by atoms with Crippen molar-refractivity contribution in [2.45, 2.75) is 399 Å². The highest BCUT2D eigenvalue weighted by Gasteiger charge is 2.29. The number of aliphatic hydroxyl groups is 2. The van der Waals surface area contributed by atoms with Gasteiger partial charge in [-0.1, -0.05) is 377 Å². The summed E-state index contributed by atoms with van der Waals surface area (Å²) in [6.45, 7) is 2.44. The van der Waals surface area contributed by atoms with E-state index in [9.17, 15) is 43.5 Å². The molecule has 0 aliphatic heterocycles. The van der Waals surface area contributed by atoms with E-state index in [2.05, 4.69) is 191 Å². The zero-order valence-electron chi connectivity index (χ0n) is 73.8. The van der Waals surface area contributed by atoms with Crippen LogP contribution in [0.25, 0.3) is 0 Å². The number of carbonyl (C=O) groups excluding carboxylic acids is 3. The van der Waals surface area contributed by atoms with Crippen LogP contribution in [0.1, 0.15) is 380 Å². The summed E-state index contributed by atoms with van der Waals surface area (Å²) in [6, 6.07) is 0. The fourth-order valence-corrected chi connectivity index (χ4v) is 14.0. The Morgan fingerprint density at radius 3 is 0.718 bits per heavy atom. The molecule has 5 atom stereocenters. The van der Waals surface area contributed by atoms with Gasteiger partial charge in [-0.2, -0.15) is 0 Å². The Morgan fingerprint density at radius 2 is 0.453 bits per heavy atom. The second-order valence-corrected chi connectivity index (χ2v) is 33.6. The van der Waals surface area contributed by atoms with Crippen LogP contribution in [0.3, 0.4) is 0 Å². The summed E-state index contributed by atoms with van der Waals surface area (Å²) in [5.74, 6) is -1.59. The van der Waals surface area contributed by atoms with Gasteiger partial charge in [0.05, 0.1) is 26.4 Å². The molecule has 4 N–H and O–H groups in total. The molecule has 18 heteroatoms. The monoisotopic (exact) mass is 1680 g/mol. The lowest BCUT2D eigenvalue weighted by Gasteiger charge is -2.21. The Hall–Kier alpha value is -5.09. The van der Waals surface area contributed by atoms with Crippen molar-refractivity contribution in [2.24, 2.45) is 0 Å². The van der Waals surface area contributed by atoms with Crippen LogP contribution in [-0.4, -0.2) is 95.9 Å². The number of phosphoric acid groups is 2. The average Bonchev–Trinajstić information content (AvgIpc) is 0.894. The number of carbonyl (C=O) groups is 3. The van der Waals surface area contributed by atoms with Crippen molar-refractivity contribution >= 4 is 33.6 Å². The van der Waals surface area contributed by atoms with E-state index in [4.69, 9.17) is 32.3 Å². The summed E-state index contributed by atoms with van der Waals surface area (Å²) < 4.78 is 61.5. The molecule has 0 saturated heterocycles. The van der Waals surface area contributed by atoms with Gasteiger partial charge in [-0.15, -0.1) is 0 Å². The number of esters is 3. The molecule has 0 radical (unpaired) electrons. The van der Waals surface area contributed by atoms with E-state index in [0.717, 1.165) is 167 Å². The van der Waals surface area contributed by atoms with Crippen molar-refractivity contribution in [3.63, 3.8) is 0 Å². The normalized spacial score (nSPS) is 14.6. The third-order valence-corrected chi connectivity index (χ3v) is 21.3. The van der Waals surface area contributed by atoms with Gasteiger partial charge in [-0.05, 0) is 154 Å². The molecule has 670 valence electrons. The maximum Gasteiger partial charge on any atom is 0.472 e. The van der Waals surface area contributed by atoms with Crippen LogP contribution in [0.2, 0.25) is 0 Å². The SMILES string of the molecule is CC/C=C\C/C=C\C/C=C\C/C=C\C/C=C\CCCCCCCCCCCCCC(=O)OCC(COP(=O)(O)OCC(O)COP(=O)(O)OCC(O)COC(=O)CCCCCCCCCCCCCCCCCCC/C=C\C/C=C\C/C=C\C/C=C\CCCCC)OC(=O)CCCCCCC/C=C\C/C=C\C/C=C\C/C=C\C/C=C\CC. The summed E-state index contributed by atoms with van der Waals surface area (Å²) in [7, 11) is -9.82. The van der Waals surface area contributed by atoms with Crippen LogP contribution in [0.5, 0.6) is 0 Å². The summed E-state index contributed by atoms with van der Waals surface area (Å²) >= 11 is 0. The first kappa shape index (κ1) is 112. The lowest BCUT2D eigenvalue weighted by molar-refractivity contribution is -0.161. The predicted octanol–water partition coefficient (Wildman–Crippen LogP) is 28.7. The van der Waals surface area contributed by atoms with Crippen molar-refractivity contribution < 1.29 is 75.8 Å². The zero-order chi connectivity index (χ0) is 85.1. The Balaban J connectivity index is 4.57. The number of ether oxygens (including phenoxy) is 3. The molecular formula is C99H168O16P2. The van der Waals surface area contributed by atoms with Crippen LogP contribution in [0.15, 0.2) is 170 Å². The number of aliphatic hydroxyl groups excluding tert-OH is 2. The van der Waals surface area contributed by atoms with E-state index in [-0.39, 0.29) is 19.3 Å². The summed E-state index contributed by atoms with van der Waals surface area (Å²) in [4.78, 5) is 59.0. The highest BCUT2D eigenvalue weighted by molar-refractivity contribution is 7.47. The maximum absolute atomic E-state index is 13.1. The predicted molar refractivity (Wildman–Crippen MR) is 491 cm³/mol. The molecule has 0 aromatic heterocycles. The molecule has 0 aromatic carbocycles. The Kier molecular flexibility index (Phi) is 86.2. The van der Waals surface area contributed by atoms with Crippen molar-refractivity contribution in [3.05, 3.63) is 170 Å². The Morgan fingerprint density at radius 1 is 0.248 bits per heavy atom. The first-order chi connectivity index (χ1) is 57.2. The van der Waals surface area contributed by atoms with Gasteiger partial charge in [0.15, 0.2) is 6.10 Å². The molecule has 117 heavy (non-hydrogen) atoms. The van der Waals surface area contributed by atoms with Crippen LogP contribution in [0.4, 0.5) is 0 Å². The molecule has 16 nitrogen and oxygen atoms in total. The van der Waals surface area contributed by atoms with E-state index in [1.807, 2.05) is 0 Å². The first-order valence-corrected chi connectivity index (χ1v) is 49.4. The number of hydrogen-bond donors (Lipinski definition) is 4. The molecule has 0 bridgehead atoms. The van der Waals surface area contributed by atoms with Crippen molar-refractivity contribution in [1.82, 2.24) is 0 Å². The minimum absolute atomic E-state index is 0.0771. The highest BCUT2D eigenvalue weighted by Crippen LogP contribution is 2.45. The molecule has 0 aromatic rings. The minimum Gasteiger partial charge on any atom is -0.463 e. The van der Waals surface area contributed by atoms with Crippen LogP contribution in [-0.2, 0) is 55.8 Å². The van der Waals surface area contributed by atoms with Crippen molar-refractivity contribution in [2.75, 3.05) is 39.6 Å². The number of rotatable bonds is 87. The van der Waals surface area contributed by atoms with Crippen LogP contribution < -0.4 is 0 Å². The van der Waals surface area contributed by atoms with E-state index in [1.54, 1.807) is 0 Å². The second-order valence-electron chi connectivity index (χ2n) is 30.7. The smallest absolute Gasteiger partial charge is 0.463 e. The lowest BCUT2D eigenvalue weighted by atomic mass is 10.0. The average molecular weight is 1680 g/mol. The standard InChI is InChI=1S/C99H168O16P2/c1-4-7-10-13-16-19-22-25-28-31-34-37-39-41-43-44-45-46-47-48-50-52-53-56-58-61-64-67-70-73-76-79-82-85-97(102)109-88-94(100)89-111-116(105,106)112-90-95(101)91-113-117(107,108)114-93-96(115-99(104)87-84-81-78-75-72-69-66-63-60-55-36-33-30-27-24-21-18-15-12-9-6-3)92-110-98(103)86-83-80-77-74-71-68-65-62-59-57-54-51-49-42-40-38-35-32-29-26-23-20-17-14-11-8-5-2/h8-9,11-12,16-21,25-30,34-38,41-43,49,55,63,66,94-96,100-101H,4-7,10,13-15,22-24,31-33,39-40,44-48,50-54,56-62,64-65,67-93H2,1-3H3,(H,105,106)(H,107,108)/b11-8-,12-9-,19-16-,20-17-,21-18-,28-25-,29-26-,30-27-,37-34-,38-35-,43-41-,49-42-,55-36-,66-63-. The molecule has 0 heterocycles. The number of phosphoric ester groups is 2. The zero-order valence-corrected chi connectivity index (χ0v) is 75.6. The fraction of sp³-hybridized carbons (Fsp3) is 0.687. The van der Waals surface area contributed by atoms with Gasteiger partial charge in [-0.25, -0.2) is 9.13 Å². The fourth-order valence-electron chi connectivity index (χ4n) is 12.4. The van der Waals surface area contributed by atoms with Gasteiger partial charge in [-0.3, -0.25) is 32.5 Å². The molecule has 0 fully saturated rings.